The Morgan fingerprint density at radius 2 is 0.432 bits per heavy atom. The van der Waals surface area contributed by atoms with Gasteiger partial charge in [-0.15, -0.1) is 0 Å². The van der Waals surface area contributed by atoms with Crippen LogP contribution in [0.25, 0.3) is 0 Å². The number of benzene rings is 8. The average molecular weight is 1180 g/mol. The second-order valence-corrected chi connectivity index (χ2v) is 25.2. The fraction of sp³-hybridized carbons (Fsp3) is 0.316. The molecule has 0 radical (unpaired) electrons. The Hall–Kier alpha value is -9.16. The molecule has 0 unspecified atom stereocenters. The zero-order chi connectivity index (χ0) is 62.8. The Morgan fingerprint density at radius 1 is 0.273 bits per heavy atom. The molecule has 12 heteroatoms. The summed E-state index contributed by atoms with van der Waals surface area (Å²) >= 11 is 0. The summed E-state index contributed by atoms with van der Waals surface area (Å²) < 4.78 is 0. The van der Waals surface area contributed by atoms with Gasteiger partial charge < -0.3 is 40.9 Å². The lowest BCUT2D eigenvalue weighted by Gasteiger charge is -2.32. The third-order valence-electron chi connectivity index (χ3n) is 16.7. The third-order valence-corrected chi connectivity index (χ3v) is 16.7. The van der Waals surface area contributed by atoms with Gasteiger partial charge in [0.2, 0.25) is 0 Å². The van der Waals surface area contributed by atoms with Crippen LogP contribution < -0.4 is 0 Å². The molecule has 0 heterocycles. The molecule has 88 heavy (non-hydrogen) atoms. The fourth-order valence-corrected chi connectivity index (χ4v) is 12.4. The monoisotopic (exact) mass is 1180 g/mol. The van der Waals surface area contributed by atoms with Crippen molar-refractivity contribution >= 4 is 24.9 Å². The molecule has 0 saturated heterocycles. The summed E-state index contributed by atoms with van der Waals surface area (Å²) in [6.07, 6.45) is 7.26. The molecule has 0 atom stereocenters. The van der Waals surface area contributed by atoms with Crippen LogP contribution in [-0.2, 0) is 26.2 Å². The van der Waals surface area contributed by atoms with Gasteiger partial charge in [0, 0.05) is 93.0 Å². The normalized spacial score (nSPS) is 16.2. The van der Waals surface area contributed by atoms with Crippen LogP contribution >= 0.6 is 0 Å². The maximum absolute atomic E-state index is 13.1. The van der Waals surface area contributed by atoms with Crippen LogP contribution in [0.1, 0.15) is 194 Å². The molecule has 1 aliphatic carbocycles. The first-order chi connectivity index (χ1) is 42.3. The van der Waals surface area contributed by atoms with Crippen LogP contribution in [-0.4, -0.2) is 65.7 Å². The fourth-order valence-electron chi connectivity index (χ4n) is 12.4. The summed E-state index contributed by atoms with van der Waals surface area (Å²) in [6.45, 7) is 17.3. The molecule has 456 valence electrons. The van der Waals surface area contributed by atoms with E-state index in [1.165, 1.54) is 24.9 Å². The van der Waals surface area contributed by atoms with Crippen molar-refractivity contribution in [2.45, 2.75) is 131 Å². The Kier molecular flexibility index (Phi) is 20.6. The summed E-state index contributed by atoms with van der Waals surface area (Å²) in [7, 11) is 0. The number of phenols is 8. The number of nitrogens with zero attached hydrogens (tertiary/aromatic N) is 4. The molecule has 0 spiro atoms. The van der Waals surface area contributed by atoms with Crippen molar-refractivity contribution in [1.82, 2.24) is 0 Å². The van der Waals surface area contributed by atoms with E-state index in [0.717, 1.165) is 22.3 Å². The van der Waals surface area contributed by atoms with Gasteiger partial charge in [0.05, 0.1) is 48.4 Å². The smallest absolute Gasteiger partial charge is 0.131 e. The number of fused-ring (bicyclic) bond motifs is 8. The summed E-state index contributed by atoms with van der Waals surface area (Å²) in [5, 5.41) is 105. The van der Waals surface area contributed by atoms with Crippen molar-refractivity contribution in [2.75, 3.05) is 0 Å². The van der Waals surface area contributed by atoms with Gasteiger partial charge in [-0.2, -0.15) is 0 Å². The van der Waals surface area contributed by atoms with E-state index >= 15 is 0 Å². The van der Waals surface area contributed by atoms with Crippen molar-refractivity contribution in [1.29, 1.82) is 0 Å². The number of aliphatic imine (C=N–C) groups is 4. The van der Waals surface area contributed by atoms with Gasteiger partial charge >= 0.3 is 0 Å². The first-order valence-corrected chi connectivity index (χ1v) is 30.8. The maximum atomic E-state index is 13.1. The molecule has 8 N–H and O–H groups in total. The lowest BCUT2D eigenvalue weighted by atomic mass is 9.73. The number of phenolic OH excluding ortho intramolecular Hbond substituents is 8. The molecule has 0 aliphatic heterocycles. The van der Waals surface area contributed by atoms with Gasteiger partial charge in [-0.05, 0) is 95.9 Å². The first-order valence-electron chi connectivity index (χ1n) is 30.8. The number of rotatable bonds is 20. The minimum atomic E-state index is -0.849. The third kappa shape index (κ3) is 14.5. The molecule has 1 aliphatic rings. The summed E-state index contributed by atoms with van der Waals surface area (Å²) in [5.41, 5.74) is 6.46. The van der Waals surface area contributed by atoms with E-state index in [4.69, 9.17) is 20.0 Å². The lowest BCUT2D eigenvalue weighted by molar-refractivity contribution is 0.410. The van der Waals surface area contributed by atoms with Crippen LogP contribution in [0, 0.1) is 23.7 Å². The van der Waals surface area contributed by atoms with Crippen molar-refractivity contribution in [3.63, 3.8) is 0 Å². The highest BCUT2D eigenvalue weighted by atomic mass is 16.3. The Bertz CT molecular complexity index is 3210. The molecule has 0 amide bonds. The van der Waals surface area contributed by atoms with E-state index in [-0.39, 0.29) is 118 Å². The van der Waals surface area contributed by atoms with Crippen LogP contribution in [0.3, 0.4) is 0 Å². The van der Waals surface area contributed by atoms with Gasteiger partial charge in [-0.25, -0.2) is 0 Å². The predicted molar refractivity (Wildman–Crippen MR) is 355 cm³/mol. The van der Waals surface area contributed by atoms with Gasteiger partial charge in [-0.3, -0.25) is 20.0 Å². The lowest BCUT2D eigenvalue weighted by Crippen LogP contribution is -2.16. The van der Waals surface area contributed by atoms with Gasteiger partial charge in [-0.1, -0.05) is 177 Å². The minimum absolute atomic E-state index is 0.0278. The Morgan fingerprint density at radius 3 is 0.580 bits per heavy atom. The highest BCUT2D eigenvalue weighted by Gasteiger charge is 2.38. The number of aromatic hydroxyl groups is 8. The summed E-state index contributed by atoms with van der Waals surface area (Å²) in [6, 6.07) is 45.6. The molecule has 0 aromatic heterocycles. The van der Waals surface area contributed by atoms with Crippen molar-refractivity contribution < 1.29 is 40.9 Å². The van der Waals surface area contributed by atoms with Crippen LogP contribution in [0.15, 0.2) is 166 Å². The van der Waals surface area contributed by atoms with E-state index in [2.05, 4.69) is 0 Å². The van der Waals surface area contributed by atoms with Gasteiger partial charge in [0.1, 0.15) is 46.0 Å². The van der Waals surface area contributed by atoms with E-state index in [0.29, 0.717) is 70.2 Å². The molecule has 0 saturated carbocycles. The standard InChI is InChI=1S/C76H84N4O8/c1-45(2)29-53-57-33-59(71(83)65(69(57)81)41-77-37-49-21-13-9-14-22-49)54(30-46(3)4)61-35-63(75(87)67(73(61)85)43-79-39-51-25-17-11-18-26-51)56(32-48(7)8)64-36-62(74(86)68(76(64)88)44-80-40-52-27-19-12-20-28-52)55(31-47(5)6)60-34-58(53)70(82)66(72(60)84)42-78-38-50-23-15-10-16-24-50/h9-28,33-36,41-48,53-56,81-88H,29-32,37-40H2,1-8H3. The average Bonchev–Trinajstić information content (AvgIpc) is 0.801. The maximum Gasteiger partial charge on any atom is 0.131 e. The van der Waals surface area contributed by atoms with Crippen molar-refractivity contribution in [3.8, 4) is 46.0 Å². The van der Waals surface area contributed by atoms with Crippen LogP contribution in [0.5, 0.6) is 46.0 Å². The summed E-state index contributed by atoms with van der Waals surface area (Å²) in [4.78, 5) is 19.3. The largest absolute Gasteiger partial charge is 0.507 e. The molecule has 8 aromatic rings. The summed E-state index contributed by atoms with van der Waals surface area (Å²) in [5.74, 6) is -5.91. The SMILES string of the molecule is CC(C)CC1c2cc(c(O)c(C=NCc3ccccc3)c2O)C(CC(C)C)c2cc(c(O)c(C=NCc3ccccc3)c2O)C(CC(C)C)c2cc(c(O)c(C=NCc3ccccc3)c2O)C(CC(C)C)c2cc1c(O)c(C=NCc1ccccc1)c2O. The van der Waals surface area contributed by atoms with Gasteiger partial charge in [0.15, 0.2) is 0 Å². The van der Waals surface area contributed by atoms with Crippen molar-refractivity contribution in [3.05, 3.63) is 235 Å². The molecule has 9 rings (SSSR count). The Balaban J connectivity index is 1.46. The van der Waals surface area contributed by atoms with E-state index in [1.54, 1.807) is 24.3 Å². The highest BCUT2D eigenvalue weighted by Crippen LogP contribution is 2.56. The van der Waals surface area contributed by atoms with E-state index in [1.807, 2.05) is 177 Å². The zero-order valence-corrected chi connectivity index (χ0v) is 51.8. The van der Waals surface area contributed by atoms with Gasteiger partial charge in [0.25, 0.3) is 0 Å². The second kappa shape index (κ2) is 28.6. The molecule has 8 aromatic carbocycles. The molecular weight excluding hydrogens is 1100 g/mol. The number of hydrogen-bond donors (Lipinski definition) is 8. The molecule has 8 bridgehead atoms. The molecule has 12 nitrogen and oxygen atoms in total. The quantitative estimate of drug-likeness (QED) is 0.0343. The van der Waals surface area contributed by atoms with Crippen molar-refractivity contribution in [2.24, 2.45) is 43.6 Å². The topological polar surface area (TPSA) is 211 Å². The van der Waals surface area contributed by atoms with E-state index < -0.39 is 23.7 Å². The Labute approximate surface area is 518 Å². The zero-order valence-electron chi connectivity index (χ0n) is 51.8. The van der Waals surface area contributed by atoms with Crippen LogP contribution in [0.4, 0.5) is 0 Å². The first kappa shape index (κ1) is 63.3. The van der Waals surface area contributed by atoms with Crippen LogP contribution in [0.2, 0.25) is 0 Å². The predicted octanol–water partition coefficient (Wildman–Crippen LogP) is 16.8. The molecule has 0 fully saturated rings. The number of hydrogen-bond acceptors (Lipinski definition) is 12. The van der Waals surface area contributed by atoms with E-state index in [9.17, 15) is 40.9 Å². The highest BCUT2D eigenvalue weighted by molar-refractivity contribution is 5.93. The second-order valence-electron chi connectivity index (χ2n) is 25.2. The minimum Gasteiger partial charge on any atom is -0.507 e. The molecular formula is C76H84N4O8.